The first-order valence-electron chi connectivity index (χ1n) is 10.8. The molecule has 4 rings (SSSR count). The SMILES string of the molecule is COCC(=O)Nc1ccc2c(c1)[C@@H]1C[C@H](CC(=O)NCc3cccc(F)c3)O[C@H](CO)[C@@H]1O2. The topological polar surface area (TPSA) is 106 Å². The van der Waals surface area contributed by atoms with E-state index >= 15 is 0 Å². The third-order valence-electron chi connectivity index (χ3n) is 5.85. The van der Waals surface area contributed by atoms with Crippen molar-refractivity contribution in [3.8, 4) is 5.75 Å². The number of ether oxygens (including phenoxy) is 3. The Labute approximate surface area is 191 Å². The molecule has 0 unspecified atom stereocenters. The summed E-state index contributed by atoms with van der Waals surface area (Å²) in [6.07, 6.45) is -0.742. The standard InChI is InChI=1S/C24H27FN2O6/c1-31-13-23(30)27-16-5-6-20-18(8-16)19-9-17(32-21(12-28)24(19)33-20)10-22(29)26-11-14-3-2-4-15(25)7-14/h2-8,17,19,21,24,28H,9-13H2,1H3,(H,26,29)(H,27,30)/t17-,19+,21-,24-/m1/s1. The van der Waals surface area contributed by atoms with Crippen molar-refractivity contribution in [1.82, 2.24) is 5.32 Å². The van der Waals surface area contributed by atoms with Crippen molar-refractivity contribution in [3.63, 3.8) is 0 Å². The summed E-state index contributed by atoms with van der Waals surface area (Å²) in [6.45, 7) is -0.0733. The van der Waals surface area contributed by atoms with E-state index in [1.165, 1.54) is 19.2 Å². The van der Waals surface area contributed by atoms with Crippen LogP contribution in [-0.2, 0) is 25.6 Å². The molecule has 2 heterocycles. The fourth-order valence-corrected chi connectivity index (χ4v) is 4.42. The molecule has 2 aromatic rings. The third-order valence-corrected chi connectivity index (χ3v) is 5.85. The fraction of sp³-hybridized carbons (Fsp3) is 0.417. The highest BCUT2D eigenvalue weighted by Crippen LogP contribution is 2.47. The first-order valence-corrected chi connectivity index (χ1v) is 10.8. The van der Waals surface area contributed by atoms with E-state index in [1.54, 1.807) is 24.3 Å². The molecular formula is C24H27FN2O6. The molecule has 2 aliphatic heterocycles. The number of hydrogen-bond donors (Lipinski definition) is 3. The number of amides is 2. The molecule has 33 heavy (non-hydrogen) atoms. The van der Waals surface area contributed by atoms with Crippen molar-refractivity contribution >= 4 is 17.5 Å². The average molecular weight is 458 g/mol. The number of aliphatic hydroxyl groups is 1. The predicted octanol–water partition coefficient (Wildman–Crippen LogP) is 2.11. The number of fused-ring (bicyclic) bond motifs is 3. The lowest BCUT2D eigenvalue weighted by Gasteiger charge is -2.37. The Balaban J connectivity index is 1.41. The largest absolute Gasteiger partial charge is 0.487 e. The van der Waals surface area contributed by atoms with Crippen LogP contribution in [0.4, 0.5) is 10.1 Å². The zero-order valence-corrected chi connectivity index (χ0v) is 18.3. The smallest absolute Gasteiger partial charge is 0.250 e. The lowest BCUT2D eigenvalue weighted by atomic mass is 9.84. The Hall–Kier alpha value is -3.01. The van der Waals surface area contributed by atoms with Gasteiger partial charge in [0.2, 0.25) is 11.8 Å². The highest BCUT2D eigenvalue weighted by molar-refractivity contribution is 5.92. The van der Waals surface area contributed by atoms with Crippen molar-refractivity contribution in [2.24, 2.45) is 0 Å². The van der Waals surface area contributed by atoms with Crippen LogP contribution >= 0.6 is 0 Å². The molecule has 1 saturated heterocycles. The van der Waals surface area contributed by atoms with Crippen molar-refractivity contribution in [3.05, 3.63) is 59.4 Å². The first-order chi connectivity index (χ1) is 16.0. The molecule has 2 amide bonds. The molecule has 0 aromatic heterocycles. The number of benzene rings is 2. The van der Waals surface area contributed by atoms with Gasteiger partial charge in [0.15, 0.2) is 0 Å². The maximum Gasteiger partial charge on any atom is 0.250 e. The minimum absolute atomic E-state index is 0.0487. The summed E-state index contributed by atoms with van der Waals surface area (Å²) in [5.41, 5.74) is 2.20. The van der Waals surface area contributed by atoms with Crippen molar-refractivity contribution in [2.45, 2.75) is 43.6 Å². The number of methoxy groups -OCH3 is 1. The highest BCUT2D eigenvalue weighted by Gasteiger charge is 2.46. The van der Waals surface area contributed by atoms with Crippen LogP contribution in [-0.4, -0.2) is 55.6 Å². The normalized spacial score (nSPS) is 23.2. The van der Waals surface area contributed by atoms with Gasteiger partial charge in [-0.1, -0.05) is 12.1 Å². The van der Waals surface area contributed by atoms with Crippen LogP contribution in [0.1, 0.15) is 29.9 Å². The molecule has 176 valence electrons. The molecule has 9 heteroatoms. The fourth-order valence-electron chi connectivity index (χ4n) is 4.42. The van der Waals surface area contributed by atoms with Gasteiger partial charge < -0.3 is 30.0 Å². The van der Waals surface area contributed by atoms with E-state index in [0.29, 0.717) is 23.4 Å². The van der Waals surface area contributed by atoms with Gasteiger partial charge in [-0.15, -0.1) is 0 Å². The molecule has 2 aliphatic rings. The van der Waals surface area contributed by atoms with Crippen molar-refractivity contribution in [1.29, 1.82) is 0 Å². The minimum Gasteiger partial charge on any atom is -0.487 e. The molecule has 1 fully saturated rings. The van der Waals surface area contributed by atoms with Crippen LogP contribution in [0.15, 0.2) is 42.5 Å². The van der Waals surface area contributed by atoms with Crippen molar-refractivity contribution in [2.75, 3.05) is 25.6 Å². The summed E-state index contributed by atoms with van der Waals surface area (Å²) in [5.74, 6) is -0.258. The highest BCUT2D eigenvalue weighted by atomic mass is 19.1. The molecule has 0 radical (unpaired) electrons. The van der Waals surface area contributed by atoms with Crippen LogP contribution < -0.4 is 15.4 Å². The maximum absolute atomic E-state index is 13.3. The number of anilines is 1. The van der Waals surface area contributed by atoms with Gasteiger partial charge in [-0.3, -0.25) is 9.59 Å². The third kappa shape index (κ3) is 5.50. The van der Waals surface area contributed by atoms with Crippen molar-refractivity contribution < 1.29 is 33.3 Å². The number of aliphatic hydroxyl groups excluding tert-OH is 1. The van der Waals surface area contributed by atoms with Crippen LogP contribution in [0.2, 0.25) is 0 Å². The van der Waals surface area contributed by atoms with Crippen LogP contribution in [0.25, 0.3) is 0 Å². The Morgan fingerprint density at radius 2 is 2.06 bits per heavy atom. The average Bonchev–Trinajstić information content (AvgIpc) is 3.15. The zero-order valence-electron chi connectivity index (χ0n) is 18.3. The molecule has 0 aliphatic carbocycles. The quantitative estimate of drug-likeness (QED) is 0.560. The lowest BCUT2D eigenvalue weighted by molar-refractivity contribution is -0.142. The van der Waals surface area contributed by atoms with E-state index < -0.39 is 12.2 Å². The van der Waals surface area contributed by atoms with E-state index in [2.05, 4.69) is 10.6 Å². The van der Waals surface area contributed by atoms with Gasteiger partial charge in [0.05, 0.1) is 19.1 Å². The van der Waals surface area contributed by atoms with Gasteiger partial charge in [-0.2, -0.15) is 0 Å². The van der Waals surface area contributed by atoms with Crippen LogP contribution in [0.3, 0.4) is 0 Å². The second kappa shape index (κ2) is 10.3. The van der Waals surface area contributed by atoms with E-state index in [0.717, 1.165) is 5.56 Å². The Morgan fingerprint density at radius 1 is 1.21 bits per heavy atom. The monoisotopic (exact) mass is 458 g/mol. The van der Waals surface area contributed by atoms with Gasteiger partial charge >= 0.3 is 0 Å². The Morgan fingerprint density at radius 3 is 2.82 bits per heavy atom. The number of nitrogens with one attached hydrogen (secondary N) is 2. The number of halogens is 1. The van der Waals surface area contributed by atoms with Gasteiger partial charge in [-0.05, 0) is 42.3 Å². The Bertz CT molecular complexity index is 1020. The predicted molar refractivity (Wildman–Crippen MR) is 117 cm³/mol. The molecule has 8 nitrogen and oxygen atoms in total. The second-order valence-electron chi connectivity index (χ2n) is 8.25. The van der Waals surface area contributed by atoms with Gasteiger partial charge in [0, 0.05) is 30.8 Å². The second-order valence-corrected chi connectivity index (χ2v) is 8.25. The summed E-state index contributed by atoms with van der Waals surface area (Å²) in [4.78, 5) is 24.4. The summed E-state index contributed by atoms with van der Waals surface area (Å²) in [5, 5.41) is 15.4. The maximum atomic E-state index is 13.3. The summed E-state index contributed by atoms with van der Waals surface area (Å²) in [6, 6.07) is 11.4. The summed E-state index contributed by atoms with van der Waals surface area (Å²) < 4.78 is 30.2. The molecule has 4 atom stereocenters. The van der Waals surface area contributed by atoms with E-state index in [9.17, 15) is 19.1 Å². The van der Waals surface area contributed by atoms with Crippen LogP contribution in [0.5, 0.6) is 5.75 Å². The van der Waals surface area contributed by atoms with E-state index in [4.69, 9.17) is 14.2 Å². The first kappa shape index (κ1) is 23.2. The van der Waals surface area contributed by atoms with Crippen LogP contribution in [0, 0.1) is 5.82 Å². The minimum atomic E-state index is -0.580. The van der Waals surface area contributed by atoms with Gasteiger partial charge in [0.25, 0.3) is 0 Å². The Kier molecular flexibility index (Phi) is 7.22. The molecular weight excluding hydrogens is 431 g/mol. The van der Waals surface area contributed by atoms with E-state index in [1.807, 2.05) is 6.07 Å². The number of hydrogen-bond acceptors (Lipinski definition) is 6. The summed E-state index contributed by atoms with van der Waals surface area (Å²) in [7, 11) is 1.45. The molecule has 0 spiro atoms. The lowest BCUT2D eigenvalue weighted by Crippen LogP contribution is -2.47. The van der Waals surface area contributed by atoms with Gasteiger partial charge in [0.1, 0.15) is 30.4 Å². The molecule has 0 saturated carbocycles. The van der Waals surface area contributed by atoms with Gasteiger partial charge in [-0.25, -0.2) is 4.39 Å². The molecule has 0 bridgehead atoms. The number of carbonyl (C=O) groups is 2. The summed E-state index contributed by atoms with van der Waals surface area (Å²) >= 11 is 0. The van der Waals surface area contributed by atoms with E-state index in [-0.39, 0.29) is 55.8 Å². The zero-order chi connectivity index (χ0) is 23.4. The number of carbonyl (C=O) groups excluding carboxylic acids is 2. The molecule has 2 aromatic carbocycles. The molecule has 3 N–H and O–H groups in total. The number of rotatable bonds is 8.